The number of aryl methyl sites for hydroxylation is 1. The van der Waals surface area contributed by atoms with Crippen LogP contribution in [0.1, 0.15) is 21.7 Å². The van der Waals surface area contributed by atoms with Crippen LogP contribution in [-0.4, -0.2) is 44.6 Å². The molecule has 0 bridgehead atoms. The molecule has 0 atom stereocenters. The molecule has 2 N–H and O–H groups in total. The third-order valence-corrected chi connectivity index (χ3v) is 2.72. The summed E-state index contributed by atoms with van der Waals surface area (Å²) >= 11 is 0. The Balaban J connectivity index is 2.66. The van der Waals surface area contributed by atoms with Crippen LogP contribution >= 0.6 is 0 Å². The maximum absolute atomic E-state index is 11.1. The molecule has 0 aliphatic rings. The van der Waals surface area contributed by atoms with Gasteiger partial charge in [-0.05, 0) is 27.1 Å². The van der Waals surface area contributed by atoms with Crippen molar-refractivity contribution in [3.8, 4) is 5.75 Å². The molecule has 6 nitrogen and oxygen atoms in total. The molecule has 0 aromatic carbocycles. The molecule has 0 aliphatic heterocycles. The van der Waals surface area contributed by atoms with Crippen LogP contribution in [-0.2, 0) is 6.54 Å². The van der Waals surface area contributed by atoms with Gasteiger partial charge in [0.05, 0.1) is 5.69 Å². The zero-order valence-electron chi connectivity index (χ0n) is 10.5. The number of nitrogens with zero attached hydrogens (tertiary/aromatic N) is 3. The van der Waals surface area contributed by atoms with Gasteiger partial charge in [-0.2, -0.15) is 0 Å². The summed E-state index contributed by atoms with van der Waals surface area (Å²) in [5.74, 6) is -1.03. The Bertz CT molecular complexity index is 617. The summed E-state index contributed by atoms with van der Waals surface area (Å²) in [5.41, 5.74) is 1.47. The lowest BCUT2D eigenvalue weighted by molar-refractivity contribution is 0.0688. The standard InChI is InChI=1S/C12H15N3O3/c1-7-9(12(17)18)15-5-4-8(6-14(2)3)10(16)11(15)13-7/h4-5,16H,6H2,1-3H3,(H,17,18). The SMILES string of the molecule is Cc1nc2c(O)c(CN(C)C)ccn2c1C(=O)O. The Morgan fingerprint density at radius 2 is 2.17 bits per heavy atom. The van der Waals surface area contributed by atoms with E-state index in [-0.39, 0.29) is 17.1 Å². The monoisotopic (exact) mass is 249 g/mol. The first-order valence-electron chi connectivity index (χ1n) is 5.49. The van der Waals surface area contributed by atoms with Gasteiger partial charge in [0.2, 0.25) is 0 Å². The van der Waals surface area contributed by atoms with E-state index in [1.807, 2.05) is 19.0 Å². The van der Waals surface area contributed by atoms with Gasteiger partial charge in [-0.15, -0.1) is 0 Å². The van der Waals surface area contributed by atoms with Crippen LogP contribution in [0.2, 0.25) is 0 Å². The highest BCUT2D eigenvalue weighted by Gasteiger charge is 2.19. The first-order valence-corrected chi connectivity index (χ1v) is 5.49. The molecule has 0 fully saturated rings. The Kier molecular flexibility index (Phi) is 2.96. The number of aromatic carboxylic acids is 1. The fraction of sp³-hybridized carbons (Fsp3) is 0.333. The molecular weight excluding hydrogens is 234 g/mol. The fourth-order valence-corrected chi connectivity index (χ4v) is 1.97. The molecule has 0 saturated heterocycles. The minimum atomic E-state index is -1.06. The van der Waals surface area contributed by atoms with Crippen molar-refractivity contribution in [3.05, 3.63) is 29.2 Å². The van der Waals surface area contributed by atoms with Crippen molar-refractivity contribution in [1.82, 2.24) is 14.3 Å². The number of carboxylic acid groups (broad SMARTS) is 1. The molecule has 0 amide bonds. The first kappa shape index (κ1) is 12.4. The number of hydrogen-bond donors (Lipinski definition) is 2. The number of imidazole rings is 1. The van der Waals surface area contributed by atoms with Crippen molar-refractivity contribution in [3.63, 3.8) is 0 Å². The van der Waals surface area contributed by atoms with Gasteiger partial charge >= 0.3 is 5.97 Å². The highest BCUT2D eigenvalue weighted by molar-refractivity contribution is 5.88. The zero-order valence-corrected chi connectivity index (χ0v) is 10.5. The van der Waals surface area contributed by atoms with E-state index in [0.29, 0.717) is 12.2 Å². The molecule has 2 aromatic rings. The van der Waals surface area contributed by atoms with E-state index in [9.17, 15) is 9.90 Å². The lowest BCUT2D eigenvalue weighted by atomic mass is 10.2. The normalized spacial score (nSPS) is 11.3. The summed E-state index contributed by atoms with van der Waals surface area (Å²) in [4.78, 5) is 17.2. The minimum absolute atomic E-state index is 0.0294. The highest BCUT2D eigenvalue weighted by atomic mass is 16.4. The molecule has 0 unspecified atom stereocenters. The maximum Gasteiger partial charge on any atom is 0.354 e. The largest absolute Gasteiger partial charge is 0.504 e. The van der Waals surface area contributed by atoms with Crippen LogP contribution in [0.3, 0.4) is 0 Å². The summed E-state index contributed by atoms with van der Waals surface area (Å²) in [6.45, 7) is 2.18. The van der Waals surface area contributed by atoms with Crippen molar-refractivity contribution in [2.45, 2.75) is 13.5 Å². The van der Waals surface area contributed by atoms with Crippen LogP contribution in [0.4, 0.5) is 0 Å². The molecule has 0 radical (unpaired) electrons. The topological polar surface area (TPSA) is 78.1 Å². The molecule has 18 heavy (non-hydrogen) atoms. The molecule has 6 heteroatoms. The second-order valence-electron chi connectivity index (χ2n) is 4.47. The average Bonchev–Trinajstić information content (AvgIpc) is 2.59. The van der Waals surface area contributed by atoms with Crippen molar-refractivity contribution in [1.29, 1.82) is 0 Å². The highest BCUT2D eigenvalue weighted by Crippen LogP contribution is 2.26. The van der Waals surface area contributed by atoms with E-state index in [4.69, 9.17) is 5.11 Å². The number of carbonyl (C=O) groups is 1. The van der Waals surface area contributed by atoms with Crippen molar-refractivity contribution < 1.29 is 15.0 Å². The molecule has 2 heterocycles. The van der Waals surface area contributed by atoms with Crippen LogP contribution in [0, 0.1) is 6.92 Å². The van der Waals surface area contributed by atoms with E-state index in [2.05, 4.69) is 4.98 Å². The van der Waals surface area contributed by atoms with Gasteiger partial charge in [-0.1, -0.05) is 0 Å². The van der Waals surface area contributed by atoms with E-state index in [0.717, 1.165) is 5.56 Å². The fourth-order valence-electron chi connectivity index (χ4n) is 1.97. The van der Waals surface area contributed by atoms with Gasteiger partial charge in [0.1, 0.15) is 0 Å². The van der Waals surface area contributed by atoms with Crippen molar-refractivity contribution in [2.24, 2.45) is 0 Å². The number of fused-ring (bicyclic) bond motifs is 1. The second-order valence-corrected chi connectivity index (χ2v) is 4.47. The van der Waals surface area contributed by atoms with E-state index in [1.54, 1.807) is 19.2 Å². The third-order valence-electron chi connectivity index (χ3n) is 2.72. The summed E-state index contributed by atoms with van der Waals surface area (Å²) in [6, 6.07) is 1.70. The van der Waals surface area contributed by atoms with Crippen molar-refractivity contribution >= 4 is 11.6 Å². The Labute approximate surface area is 104 Å². The molecular formula is C12H15N3O3. The number of aromatic nitrogens is 2. The van der Waals surface area contributed by atoms with E-state index < -0.39 is 5.97 Å². The van der Waals surface area contributed by atoms with Crippen LogP contribution in [0.25, 0.3) is 5.65 Å². The summed E-state index contributed by atoms with van der Waals surface area (Å²) < 4.78 is 1.40. The number of hydrogen-bond acceptors (Lipinski definition) is 4. The van der Waals surface area contributed by atoms with E-state index in [1.165, 1.54) is 4.40 Å². The van der Waals surface area contributed by atoms with Gasteiger partial charge < -0.3 is 15.1 Å². The average molecular weight is 249 g/mol. The number of pyridine rings is 1. The number of rotatable bonds is 3. The van der Waals surface area contributed by atoms with Gasteiger partial charge in [-0.25, -0.2) is 9.78 Å². The predicted molar refractivity (Wildman–Crippen MR) is 65.9 cm³/mol. The molecule has 0 spiro atoms. The molecule has 0 saturated carbocycles. The van der Waals surface area contributed by atoms with Crippen LogP contribution < -0.4 is 0 Å². The van der Waals surface area contributed by atoms with Crippen molar-refractivity contribution in [2.75, 3.05) is 14.1 Å². The predicted octanol–water partition coefficient (Wildman–Crippen LogP) is 1.11. The Hall–Kier alpha value is -2.08. The lowest BCUT2D eigenvalue weighted by Gasteiger charge is -2.11. The second kappa shape index (κ2) is 4.30. The first-order chi connectivity index (χ1) is 8.41. The Morgan fingerprint density at radius 1 is 1.50 bits per heavy atom. The Morgan fingerprint density at radius 3 is 2.72 bits per heavy atom. The van der Waals surface area contributed by atoms with Gasteiger partial charge in [0.25, 0.3) is 0 Å². The molecule has 96 valence electrons. The summed E-state index contributed by atoms with van der Waals surface area (Å²) in [6.07, 6.45) is 1.62. The van der Waals surface area contributed by atoms with Gasteiger partial charge in [0, 0.05) is 18.3 Å². The van der Waals surface area contributed by atoms with Gasteiger partial charge in [0.15, 0.2) is 17.1 Å². The lowest BCUT2D eigenvalue weighted by Crippen LogP contribution is -2.11. The molecule has 0 aliphatic carbocycles. The number of carboxylic acids is 1. The third kappa shape index (κ3) is 1.91. The van der Waals surface area contributed by atoms with E-state index >= 15 is 0 Å². The number of aromatic hydroxyl groups is 1. The summed E-state index contributed by atoms with van der Waals surface area (Å²) in [5, 5.41) is 19.2. The quantitative estimate of drug-likeness (QED) is 0.852. The van der Waals surface area contributed by atoms with Crippen LogP contribution in [0.5, 0.6) is 5.75 Å². The smallest absolute Gasteiger partial charge is 0.354 e. The maximum atomic E-state index is 11.1. The molecule has 2 rings (SSSR count). The van der Waals surface area contributed by atoms with Crippen LogP contribution in [0.15, 0.2) is 12.3 Å². The minimum Gasteiger partial charge on any atom is -0.504 e. The summed E-state index contributed by atoms with van der Waals surface area (Å²) in [7, 11) is 3.78. The zero-order chi connectivity index (χ0) is 13.4. The molecule has 2 aromatic heterocycles. The van der Waals surface area contributed by atoms with Gasteiger partial charge in [-0.3, -0.25) is 4.40 Å².